The summed E-state index contributed by atoms with van der Waals surface area (Å²) in [4.78, 5) is 0. The van der Waals surface area contributed by atoms with E-state index in [-0.39, 0.29) is 11.8 Å². The van der Waals surface area contributed by atoms with E-state index in [2.05, 4.69) is 52.2 Å². The Labute approximate surface area is 97.8 Å². The van der Waals surface area contributed by atoms with Crippen LogP contribution in [0.4, 0.5) is 0 Å². The van der Waals surface area contributed by atoms with Gasteiger partial charge in [-0.15, -0.1) is 0 Å². The van der Waals surface area contributed by atoms with Crippen LogP contribution in [-0.2, 0) is 4.74 Å². The maximum absolute atomic E-state index is 5.83. The third-order valence-electron chi connectivity index (χ3n) is 2.21. The van der Waals surface area contributed by atoms with E-state index >= 15 is 0 Å². The van der Waals surface area contributed by atoms with Crippen molar-refractivity contribution in [1.82, 2.24) is 10.6 Å². The summed E-state index contributed by atoms with van der Waals surface area (Å²) < 4.78 is 5.83. The van der Waals surface area contributed by atoms with Gasteiger partial charge in [0.25, 0.3) is 0 Å². The van der Waals surface area contributed by atoms with Crippen LogP contribution in [0.5, 0.6) is 0 Å². The van der Waals surface area contributed by atoms with E-state index in [0.29, 0.717) is 12.1 Å². The molecule has 0 spiro atoms. The van der Waals surface area contributed by atoms with Crippen LogP contribution in [0.1, 0.15) is 41.5 Å². The van der Waals surface area contributed by atoms with Crippen LogP contribution >= 0.6 is 0 Å². The van der Waals surface area contributed by atoms with Crippen molar-refractivity contribution in [3.05, 3.63) is 0 Å². The molecule has 0 aliphatic carbocycles. The van der Waals surface area contributed by atoms with Gasteiger partial charge in [0, 0.05) is 28.6 Å². The highest BCUT2D eigenvalue weighted by atomic mass is 28.1. The van der Waals surface area contributed by atoms with Crippen LogP contribution in [0.3, 0.4) is 0 Å². The lowest BCUT2D eigenvalue weighted by molar-refractivity contribution is -0.0354. The topological polar surface area (TPSA) is 33.3 Å². The number of hydrogen-bond donors (Lipinski definition) is 2. The summed E-state index contributed by atoms with van der Waals surface area (Å²) in [6, 6.07) is 0.913. The smallest absolute Gasteiger partial charge is 0.0905 e. The van der Waals surface area contributed by atoms with E-state index < -0.39 is 0 Å². The molecule has 0 aromatic carbocycles. The average Bonchev–Trinajstić information content (AvgIpc) is 2.00. The summed E-state index contributed by atoms with van der Waals surface area (Å²) in [7, 11) is 1.09. The molecule has 0 aliphatic rings. The highest BCUT2D eigenvalue weighted by Crippen LogP contribution is 2.13. The standard InChI is InChI=1S/C11H28N2OSi/c1-8(2)12-10(13-9(3)4)11(5,6)14-7-15/h8-10,12-13H,7H2,1-6,15H3. The molecule has 0 radical (unpaired) electrons. The summed E-state index contributed by atoms with van der Waals surface area (Å²) in [5.41, 5.74) is -0.156. The lowest BCUT2D eigenvalue weighted by atomic mass is 10.0. The fraction of sp³-hybridized carbons (Fsp3) is 1.00. The van der Waals surface area contributed by atoms with Gasteiger partial charge in [-0.2, -0.15) is 0 Å². The van der Waals surface area contributed by atoms with E-state index in [4.69, 9.17) is 4.74 Å². The van der Waals surface area contributed by atoms with Crippen molar-refractivity contribution in [1.29, 1.82) is 0 Å². The fourth-order valence-corrected chi connectivity index (χ4v) is 2.32. The molecular weight excluding hydrogens is 204 g/mol. The highest BCUT2D eigenvalue weighted by molar-refractivity contribution is 6.08. The van der Waals surface area contributed by atoms with E-state index in [0.717, 1.165) is 16.5 Å². The van der Waals surface area contributed by atoms with Gasteiger partial charge >= 0.3 is 0 Å². The molecule has 92 valence electrons. The first kappa shape index (κ1) is 15.1. The molecule has 0 fully saturated rings. The molecule has 0 aromatic rings. The second-order valence-electron chi connectivity index (χ2n) is 5.11. The molecule has 3 nitrogen and oxygen atoms in total. The van der Waals surface area contributed by atoms with E-state index in [1.807, 2.05) is 0 Å². The third-order valence-corrected chi connectivity index (χ3v) is 2.50. The second-order valence-corrected chi connectivity index (χ2v) is 5.69. The Hall–Kier alpha value is 0.0969. The Morgan fingerprint density at radius 3 is 1.73 bits per heavy atom. The Morgan fingerprint density at radius 2 is 1.47 bits per heavy atom. The SMILES string of the molecule is CC(C)NC(NC(C)C)C(C)(C)OC[SiH3]. The lowest BCUT2D eigenvalue weighted by Gasteiger charge is -2.38. The quantitative estimate of drug-likeness (QED) is 0.493. The van der Waals surface area contributed by atoms with Gasteiger partial charge in [-0.05, 0) is 41.5 Å². The lowest BCUT2D eigenvalue weighted by Crippen LogP contribution is -2.60. The van der Waals surface area contributed by atoms with Gasteiger partial charge in [0.2, 0.25) is 0 Å². The fourth-order valence-electron chi connectivity index (χ4n) is 1.57. The number of rotatable bonds is 7. The normalized spacial score (nSPS) is 13.4. The van der Waals surface area contributed by atoms with Crippen LogP contribution in [0.15, 0.2) is 0 Å². The predicted molar refractivity (Wildman–Crippen MR) is 70.3 cm³/mol. The van der Waals surface area contributed by atoms with Gasteiger partial charge in [-0.1, -0.05) is 0 Å². The molecule has 0 unspecified atom stereocenters. The van der Waals surface area contributed by atoms with Gasteiger partial charge in [0.15, 0.2) is 0 Å². The number of hydrogen-bond acceptors (Lipinski definition) is 3. The van der Waals surface area contributed by atoms with Crippen molar-refractivity contribution in [3.8, 4) is 0 Å². The predicted octanol–water partition coefficient (Wildman–Crippen LogP) is 0.427. The van der Waals surface area contributed by atoms with E-state index in [1.165, 1.54) is 0 Å². The first-order chi connectivity index (χ1) is 6.79. The zero-order valence-electron chi connectivity index (χ0n) is 11.3. The maximum atomic E-state index is 5.83. The highest BCUT2D eigenvalue weighted by Gasteiger charge is 2.30. The van der Waals surface area contributed by atoms with Crippen LogP contribution in [0.25, 0.3) is 0 Å². The van der Waals surface area contributed by atoms with Gasteiger partial charge in [0.1, 0.15) is 0 Å². The molecule has 0 rings (SSSR count). The van der Waals surface area contributed by atoms with Crippen molar-refractivity contribution in [2.45, 2.75) is 65.4 Å². The Bertz CT molecular complexity index is 162. The molecule has 0 saturated heterocycles. The first-order valence-electron chi connectivity index (χ1n) is 5.95. The third kappa shape index (κ3) is 6.30. The van der Waals surface area contributed by atoms with Crippen LogP contribution in [-0.4, -0.2) is 40.3 Å². The van der Waals surface area contributed by atoms with Crippen molar-refractivity contribution in [3.63, 3.8) is 0 Å². The minimum Gasteiger partial charge on any atom is -0.377 e. The van der Waals surface area contributed by atoms with Crippen molar-refractivity contribution in [2.24, 2.45) is 0 Å². The summed E-state index contributed by atoms with van der Waals surface area (Å²) in [5.74, 6) is 0. The minimum absolute atomic E-state index is 0.156. The maximum Gasteiger partial charge on any atom is 0.0905 e. The van der Waals surface area contributed by atoms with E-state index in [9.17, 15) is 0 Å². The van der Waals surface area contributed by atoms with Crippen molar-refractivity contribution < 1.29 is 4.74 Å². The van der Waals surface area contributed by atoms with Crippen LogP contribution in [0, 0.1) is 0 Å². The van der Waals surface area contributed by atoms with Crippen LogP contribution in [0.2, 0.25) is 0 Å². The average molecular weight is 232 g/mol. The molecular formula is C11H28N2OSi. The van der Waals surface area contributed by atoms with Crippen molar-refractivity contribution >= 4 is 10.2 Å². The zero-order valence-corrected chi connectivity index (χ0v) is 13.3. The molecule has 2 N–H and O–H groups in total. The zero-order chi connectivity index (χ0) is 12.1. The molecule has 0 aromatic heterocycles. The van der Waals surface area contributed by atoms with Crippen LogP contribution < -0.4 is 10.6 Å². The Balaban J connectivity index is 4.45. The minimum atomic E-state index is -0.156. The first-order valence-corrected chi connectivity index (χ1v) is 7.37. The van der Waals surface area contributed by atoms with Crippen molar-refractivity contribution in [2.75, 3.05) is 6.23 Å². The summed E-state index contributed by atoms with van der Waals surface area (Å²) in [6.45, 7) is 12.9. The largest absolute Gasteiger partial charge is 0.377 e. The molecule has 0 aliphatic heterocycles. The summed E-state index contributed by atoms with van der Waals surface area (Å²) in [5, 5.41) is 7.03. The Kier molecular flexibility index (Phi) is 6.67. The number of ether oxygens (including phenoxy) is 1. The summed E-state index contributed by atoms with van der Waals surface area (Å²) in [6.07, 6.45) is 1.08. The molecule has 15 heavy (non-hydrogen) atoms. The second kappa shape index (κ2) is 6.63. The molecule has 0 atom stereocenters. The Morgan fingerprint density at radius 1 is 1.07 bits per heavy atom. The van der Waals surface area contributed by atoms with Gasteiger partial charge < -0.3 is 4.74 Å². The monoisotopic (exact) mass is 232 g/mol. The molecule has 0 bridgehead atoms. The molecule has 4 heteroatoms. The van der Waals surface area contributed by atoms with Gasteiger partial charge in [-0.25, -0.2) is 0 Å². The molecule has 0 heterocycles. The summed E-state index contributed by atoms with van der Waals surface area (Å²) >= 11 is 0. The molecule has 0 saturated carbocycles. The number of nitrogens with one attached hydrogen (secondary N) is 2. The van der Waals surface area contributed by atoms with Gasteiger partial charge in [0.05, 0.1) is 11.8 Å². The van der Waals surface area contributed by atoms with Gasteiger partial charge in [-0.3, -0.25) is 10.6 Å². The van der Waals surface area contributed by atoms with E-state index in [1.54, 1.807) is 0 Å². The molecule has 0 amide bonds.